The highest BCUT2D eigenvalue weighted by atomic mass is 16.5. The first-order chi connectivity index (χ1) is 16.0. The lowest BCUT2D eigenvalue weighted by atomic mass is 9.87. The number of carbonyl (C=O) groups is 1. The van der Waals surface area contributed by atoms with Gasteiger partial charge in [0.05, 0.1) is 12.2 Å². The lowest BCUT2D eigenvalue weighted by Crippen LogP contribution is -2.53. The van der Waals surface area contributed by atoms with Crippen LogP contribution >= 0.6 is 0 Å². The van der Waals surface area contributed by atoms with Crippen LogP contribution in [-0.4, -0.2) is 60.8 Å². The summed E-state index contributed by atoms with van der Waals surface area (Å²) in [6.07, 6.45) is 14.7. The van der Waals surface area contributed by atoms with Crippen LogP contribution in [0.1, 0.15) is 126 Å². The second kappa shape index (κ2) is 15.5. The molecule has 1 aliphatic rings. The Balaban J connectivity index is 2.49. The third-order valence-electron chi connectivity index (χ3n) is 7.98. The lowest BCUT2D eigenvalue weighted by molar-refractivity contribution is -0.127. The van der Waals surface area contributed by atoms with E-state index in [0.29, 0.717) is 0 Å². The van der Waals surface area contributed by atoms with E-state index in [0.717, 1.165) is 45.5 Å². The zero-order valence-electron chi connectivity index (χ0n) is 24.2. The van der Waals surface area contributed by atoms with Gasteiger partial charge in [0.15, 0.2) is 0 Å². The average molecular weight is 482 g/mol. The lowest BCUT2D eigenvalue weighted by Gasteiger charge is -2.44. The van der Waals surface area contributed by atoms with Gasteiger partial charge in [0.1, 0.15) is 0 Å². The van der Waals surface area contributed by atoms with Gasteiger partial charge in [-0.25, -0.2) is 0 Å². The summed E-state index contributed by atoms with van der Waals surface area (Å²) in [6, 6.07) is 0. The molecule has 1 atom stereocenters. The largest absolute Gasteiger partial charge is 0.374 e. The molecule has 1 saturated heterocycles. The summed E-state index contributed by atoms with van der Waals surface area (Å²) in [6.45, 7) is 19.7. The second-order valence-corrected chi connectivity index (χ2v) is 12.2. The summed E-state index contributed by atoms with van der Waals surface area (Å²) < 4.78 is 6.51. The van der Waals surface area contributed by atoms with Crippen molar-refractivity contribution in [2.24, 2.45) is 5.92 Å². The first-order valence-electron chi connectivity index (χ1n) is 14.3. The zero-order valence-corrected chi connectivity index (χ0v) is 24.2. The van der Waals surface area contributed by atoms with Crippen LogP contribution in [0.5, 0.6) is 0 Å². The molecule has 1 aliphatic heterocycles. The van der Waals surface area contributed by atoms with Crippen LogP contribution in [0.15, 0.2) is 0 Å². The fraction of sp³-hybridized carbons (Fsp3) is 0.966. The topological polar surface area (TPSA) is 53.6 Å². The Morgan fingerprint density at radius 3 is 2.00 bits per heavy atom. The molecule has 1 rings (SSSR count). The van der Waals surface area contributed by atoms with E-state index in [9.17, 15) is 4.79 Å². The van der Waals surface area contributed by atoms with Gasteiger partial charge in [-0.2, -0.15) is 0 Å². The van der Waals surface area contributed by atoms with Gasteiger partial charge >= 0.3 is 0 Å². The molecule has 0 aromatic carbocycles. The Hall–Kier alpha value is -0.650. The summed E-state index contributed by atoms with van der Waals surface area (Å²) in [7, 11) is 1.74. The number of carbonyl (C=O) groups excluding carboxylic acids is 1. The van der Waals surface area contributed by atoms with Gasteiger partial charge in [-0.3, -0.25) is 9.69 Å². The van der Waals surface area contributed by atoms with Gasteiger partial charge < -0.3 is 15.4 Å². The molecule has 0 bridgehead atoms. The number of rotatable bonds is 18. The molecule has 0 aromatic heterocycles. The number of hydrogen-bond acceptors (Lipinski definition) is 4. The van der Waals surface area contributed by atoms with Gasteiger partial charge in [0, 0.05) is 24.0 Å². The van der Waals surface area contributed by atoms with Crippen molar-refractivity contribution < 1.29 is 9.53 Å². The van der Waals surface area contributed by atoms with Crippen LogP contribution in [0.25, 0.3) is 0 Å². The number of ether oxygens (including phenoxy) is 1. The number of nitrogens with one attached hydrogen (secondary N) is 2. The van der Waals surface area contributed by atoms with E-state index in [1.54, 1.807) is 7.05 Å². The number of piperidine rings is 1. The van der Waals surface area contributed by atoms with Crippen molar-refractivity contribution in [1.82, 2.24) is 15.5 Å². The molecular weight excluding hydrogens is 422 g/mol. The third kappa shape index (κ3) is 11.9. The zero-order chi connectivity index (χ0) is 25.7. The summed E-state index contributed by atoms with van der Waals surface area (Å²) in [5.74, 6) is 0.350. The second-order valence-electron chi connectivity index (χ2n) is 12.2. The Kier molecular flexibility index (Phi) is 14.3. The van der Waals surface area contributed by atoms with Crippen molar-refractivity contribution in [3.8, 4) is 0 Å². The van der Waals surface area contributed by atoms with Crippen molar-refractivity contribution in [2.45, 2.75) is 142 Å². The fourth-order valence-electron chi connectivity index (χ4n) is 5.16. The van der Waals surface area contributed by atoms with Crippen molar-refractivity contribution in [3.05, 3.63) is 0 Å². The van der Waals surface area contributed by atoms with Crippen molar-refractivity contribution in [1.29, 1.82) is 0 Å². The molecule has 0 saturated carbocycles. The fourth-order valence-corrected chi connectivity index (χ4v) is 5.16. The minimum absolute atomic E-state index is 0.0215. The minimum Gasteiger partial charge on any atom is -0.374 e. The summed E-state index contributed by atoms with van der Waals surface area (Å²) in [5.41, 5.74) is 0.0664. The molecule has 1 unspecified atom stereocenters. The Morgan fingerprint density at radius 2 is 1.44 bits per heavy atom. The van der Waals surface area contributed by atoms with Gasteiger partial charge in [-0.15, -0.1) is 0 Å². The monoisotopic (exact) mass is 481 g/mol. The van der Waals surface area contributed by atoms with Gasteiger partial charge in [-0.1, -0.05) is 58.8 Å². The summed E-state index contributed by atoms with van der Waals surface area (Å²) in [5, 5.41) is 6.75. The SMILES string of the molecule is CCCCCCC(C)(CCCCC)NCCC(C)(C)OCC(C)(C)N1CCC(C(=O)NC)CC1. The first kappa shape index (κ1) is 31.4. The maximum atomic E-state index is 12.0. The Bertz CT molecular complexity index is 556. The molecule has 0 radical (unpaired) electrons. The predicted octanol–water partition coefficient (Wildman–Crippen LogP) is 6.31. The maximum Gasteiger partial charge on any atom is 0.222 e. The van der Waals surface area contributed by atoms with E-state index in [-0.39, 0.29) is 28.5 Å². The average Bonchev–Trinajstić information content (AvgIpc) is 2.80. The standard InChI is InChI=1S/C29H59N3O2/c1-9-11-13-15-19-29(7,18-14-12-10-2)31-21-20-28(5,6)34-24-27(3,4)32-22-16-25(17-23-32)26(33)30-8/h25,31H,9-24H2,1-8H3,(H,30,33). The maximum absolute atomic E-state index is 12.0. The normalized spacial score (nSPS) is 18.1. The van der Waals surface area contributed by atoms with Crippen LogP contribution in [0.2, 0.25) is 0 Å². The number of hydrogen-bond donors (Lipinski definition) is 2. The molecule has 1 fully saturated rings. The highest BCUT2D eigenvalue weighted by Crippen LogP contribution is 2.27. The van der Waals surface area contributed by atoms with E-state index in [1.165, 1.54) is 57.8 Å². The first-order valence-corrected chi connectivity index (χ1v) is 14.3. The van der Waals surface area contributed by atoms with E-state index < -0.39 is 0 Å². The van der Waals surface area contributed by atoms with Crippen LogP contribution in [0.3, 0.4) is 0 Å². The number of nitrogens with zero attached hydrogens (tertiary/aromatic N) is 1. The van der Waals surface area contributed by atoms with Crippen molar-refractivity contribution in [3.63, 3.8) is 0 Å². The van der Waals surface area contributed by atoms with Gasteiger partial charge in [0.2, 0.25) is 5.91 Å². The molecule has 2 N–H and O–H groups in total. The molecule has 5 heteroatoms. The number of likely N-dealkylation sites (tertiary alicyclic amines) is 1. The molecular formula is C29H59N3O2. The molecule has 0 spiro atoms. The molecule has 1 heterocycles. The number of unbranched alkanes of at least 4 members (excludes halogenated alkanes) is 5. The summed E-state index contributed by atoms with van der Waals surface area (Å²) >= 11 is 0. The molecule has 0 aromatic rings. The molecule has 5 nitrogen and oxygen atoms in total. The van der Waals surface area contributed by atoms with E-state index in [1.807, 2.05) is 0 Å². The Labute approximate surface area is 212 Å². The highest BCUT2D eigenvalue weighted by molar-refractivity contribution is 5.78. The molecule has 1 amide bonds. The van der Waals surface area contributed by atoms with Crippen molar-refractivity contribution in [2.75, 3.05) is 33.3 Å². The van der Waals surface area contributed by atoms with Crippen LogP contribution in [0.4, 0.5) is 0 Å². The number of amides is 1. The Morgan fingerprint density at radius 1 is 0.882 bits per heavy atom. The van der Waals surface area contributed by atoms with Gasteiger partial charge in [0.25, 0.3) is 0 Å². The van der Waals surface area contributed by atoms with E-state index in [4.69, 9.17) is 4.74 Å². The van der Waals surface area contributed by atoms with Gasteiger partial charge in [-0.05, 0) is 86.4 Å². The van der Waals surface area contributed by atoms with Crippen molar-refractivity contribution >= 4 is 5.91 Å². The molecule has 0 aliphatic carbocycles. The van der Waals surface area contributed by atoms with Crippen LogP contribution in [0, 0.1) is 5.92 Å². The quantitative estimate of drug-likeness (QED) is 0.225. The predicted molar refractivity (Wildman–Crippen MR) is 146 cm³/mol. The van der Waals surface area contributed by atoms with Crippen LogP contribution < -0.4 is 10.6 Å². The van der Waals surface area contributed by atoms with E-state index >= 15 is 0 Å². The van der Waals surface area contributed by atoms with E-state index in [2.05, 4.69) is 64.0 Å². The summed E-state index contributed by atoms with van der Waals surface area (Å²) in [4.78, 5) is 14.5. The molecule has 202 valence electrons. The highest BCUT2D eigenvalue weighted by Gasteiger charge is 2.34. The van der Waals surface area contributed by atoms with Crippen LogP contribution in [-0.2, 0) is 9.53 Å². The molecule has 34 heavy (non-hydrogen) atoms. The minimum atomic E-state index is -0.156. The smallest absolute Gasteiger partial charge is 0.222 e. The third-order valence-corrected chi connectivity index (χ3v) is 7.98.